The fourth-order valence-corrected chi connectivity index (χ4v) is 1.68. The van der Waals surface area contributed by atoms with Crippen molar-refractivity contribution in [2.45, 2.75) is 6.54 Å². The molecule has 0 amide bonds. The predicted octanol–water partition coefficient (Wildman–Crippen LogP) is 3.62. The molecular formula is C14H15FN2. The summed E-state index contributed by atoms with van der Waals surface area (Å²) >= 11 is 0. The first-order chi connectivity index (χ1) is 8.27. The lowest BCUT2D eigenvalue weighted by Gasteiger charge is -2.14. The number of nitrogens with one attached hydrogen (secondary N) is 1. The molecule has 2 rings (SSSR count). The molecule has 88 valence electrons. The number of anilines is 2. The van der Waals surface area contributed by atoms with Gasteiger partial charge in [-0.15, -0.1) is 4.48 Å². The quantitative estimate of drug-likeness (QED) is 0.807. The topological polar surface area (TPSA) is 15.3 Å². The Morgan fingerprint density at radius 2 is 1.65 bits per heavy atom. The standard InChI is InChI=1S/C14H15FN2/c1-17(15)14-10-6-5-9-13(14)16-11-12-7-3-2-4-8-12/h2-10,16H,11H2,1H3. The highest BCUT2D eigenvalue weighted by atomic mass is 19.2. The number of rotatable bonds is 4. The van der Waals surface area contributed by atoms with Crippen molar-refractivity contribution in [3.63, 3.8) is 0 Å². The maximum Gasteiger partial charge on any atom is 0.0915 e. The van der Waals surface area contributed by atoms with Crippen LogP contribution >= 0.6 is 0 Å². The third kappa shape index (κ3) is 2.97. The molecule has 0 aliphatic rings. The van der Waals surface area contributed by atoms with Crippen molar-refractivity contribution < 1.29 is 4.48 Å². The maximum atomic E-state index is 13.2. The highest BCUT2D eigenvalue weighted by Gasteiger charge is 2.04. The van der Waals surface area contributed by atoms with Gasteiger partial charge < -0.3 is 5.32 Å². The second-order valence-electron chi connectivity index (χ2n) is 3.83. The van der Waals surface area contributed by atoms with Gasteiger partial charge in [0.25, 0.3) is 0 Å². The average Bonchev–Trinajstić information content (AvgIpc) is 2.38. The summed E-state index contributed by atoms with van der Waals surface area (Å²) in [5.74, 6) is 0. The Labute approximate surface area is 101 Å². The number of halogens is 1. The molecule has 0 heterocycles. The van der Waals surface area contributed by atoms with E-state index in [9.17, 15) is 4.48 Å². The zero-order valence-corrected chi connectivity index (χ0v) is 9.73. The minimum absolute atomic E-state index is 0.545. The summed E-state index contributed by atoms with van der Waals surface area (Å²) in [6.07, 6.45) is 0. The van der Waals surface area contributed by atoms with Crippen molar-refractivity contribution in [2.75, 3.05) is 17.5 Å². The molecule has 0 fully saturated rings. The summed E-state index contributed by atoms with van der Waals surface area (Å²) < 4.78 is 13.2. The van der Waals surface area contributed by atoms with Crippen molar-refractivity contribution in [1.29, 1.82) is 0 Å². The average molecular weight is 230 g/mol. The van der Waals surface area contributed by atoms with Gasteiger partial charge in [-0.25, -0.2) is 5.12 Å². The van der Waals surface area contributed by atoms with E-state index in [-0.39, 0.29) is 0 Å². The van der Waals surface area contributed by atoms with E-state index in [2.05, 4.69) is 5.32 Å². The maximum absolute atomic E-state index is 13.2. The second-order valence-corrected chi connectivity index (χ2v) is 3.83. The van der Waals surface area contributed by atoms with E-state index in [0.717, 1.165) is 5.69 Å². The van der Waals surface area contributed by atoms with Crippen LogP contribution in [0.25, 0.3) is 0 Å². The van der Waals surface area contributed by atoms with Gasteiger partial charge in [-0.05, 0) is 17.7 Å². The van der Waals surface area contributed by atoms with Gasteiger partial charge in [-0.2, -0.15) is 0 Å². The molecule has 0 saturated heterocycles. The molecule has 17 heavy (non-hydrogen) atoms. The summed E-state index contributed by atoms with van der Waals surface area (Å²) in [7, 11) is 1.39. The van der Waals surface area contributed by atoms with Gasteiger partial charge in [0.05, 0.1) is 11.4 Å². The molecule has 3 heteroatoms. The van der Waals surface area contributed by atoms with Gasteiger partial charge >= 0.3 is 0 Å². The minimum Gasteiger partial charge on any atom is -0.379 e. The van der Waals surface area contributed by atoms with Crippen LogP contribution in [0, 0.1) is 0 Å². The van der Waals surface area contributed by atoms with Gasteiger partial charge in [0, 0.05) is 13.6 Å². The van der Waals surface area contributed by atoms with Crippen LogP contribution in [0.3, 0.4) is 0 Å². The minimum atomic E-state index is 0.545. The van der Waals surface area contributed by atoms with Crippen molar-refractivity contribution in [3.8, 4) is 0 Å². The molecule has 1 N–H and O–H groups in total. The van der Waals surface area contributed by atoms with E-state index in [1.54, 1.807) is 6.07 Å². The van der Waals surface area contributed by atoms with Crippen LogP contribution in [-0.2, 0) is 6.54 Å². The Bertz CT molecular complexity index is 469. The Kier molecular flexibility index (Phi) is 3.60. The Hall–Kier alpha value is -2.03. The molecule has 0 aromatic heterocycles. The third-order valence-corrected chi connectivity index (χ3v) is 2.56. The Balaban J connectivity index is 2.09. The van der Waals surface area contributed by atoms with Crippen LogP contribution in [0.1, 0.15) is 5.56 Å². The highest BCUT2D eigenvalue weighted by molar-refractivity contribution is 5.68. The summed E-state index contributed by atoms with van der Waals surface area (Å²) in [6.45, 7) is 0.686. The van der Waals surface area contributed by atoms with Crippen LogP contribution in [0.4, 0.5) is 15.9 Å². The Morgan fingerprint density at radius 1 is 1.00 bits per heavy atom. The zero-order chi connectivity index (χ0) is 12.1. The summed E-state index contributed by atoms with van der Waals surface area (Å²) in [6, 6.07) is 17.4. The molecule has 2 aromatic carbocycles. The summed E-state index contributed by atoms with van der Waals surface area (Å²) in [4.78, 5) is 0. The monoisotopic (exact) mass is 230 g/mol. The smallest absolute Gasteiger partial charge is 0.0915 e. The number of hydrogen-bond donors (Lipinski definition) is 1. The van der Waals surface area contributed by atoms with Gasteiger partial charge in [-0.1, -0.05) is 42.5 Å². The summed E-state index contributed by atoms with van der Waals surface area (Å²) in [5, 5.41) is 3.85. The first kappa shape index (κ1) is 11.5. The first-order valence-electron chi connectivity index (χ1n) is 5.53. The fourth-order valence-electron chi connectivity index (χ4n) is 1.68. The lowest BCUT2D eigenvalue weighted by molar-refractivity contribution is 0.476. The van der Waals surface area contributed by atoms with E-state index in [0.29, 0.717) is 17.4 Å². The molecule has 0 atom stereocenters. The molecular weight excluding hydrogens is 215 g/mol. The van der Waals surface area contributed by atoms with Crippen molar-refractivity contribution in [3.05, 3.63) is 60.2 Å². The van der Waals surface area contributed by atoms with Crippen LogP contribution in [0.2, 0.25) is 0 Å². The first-order valence-corrected chi connectivity index (χ1v) is 5.53. The van der Waals surface area contributed by atoms with Crippen LogP contribution in [-0.4, -0.2) is 7.05 Å². The molecule has 0 aliphatic carbocycles. The number of nitrogens with zero attached hydrogens (tertiary/aromatic N) is 1. The van der Waals surface area contributed by atoms with Gasteiger partial charge in [0.15, 0.2) is 0 Å². The molecule has 0 radical (unpaired) electrons. The number of para-hydroxylation sites is 2. The van der Waals surface area contributed by atoms with Crippen molar-refractivity contribution >= 4 is 11.4 Å². The molecule has 0 bridgehead atoms. The van der Waals surface area contributed by atoms with Crippen LogP contribution < -0.4 is 10.4 Å². The van der Waals surface area contributed by atoms with Gasteiger partial charge in [0.1, 0.15) is 0 Å². The highest BCUT2D eigenvalue weighted by Crippen LogP contribution is 2.25. The van der Waals surface area contributed by atoms with E-state index in [4.69, 9.17) is 0 Å². The lowest BCUT2D eigenvalue weighted by Crippen LogP contribution is -2.07. The number of benzene rings is 2. The van der Waals surface area contributed by atoms with Gasteiger partial charge in [0.2, 0.25) is 0 Å². The molecule has 2 aromatic rings. The normalized spacial score (nSPS) is 10.0. The van der Waals surface area contributed by atoms with Crippen molar-refractivity contribution in [2.24, 2.45) is 0 Å². The Morgan fingerprint density at radius 3 is 2.35 bits per heavy atom. The molecule has 0 unspecified atom stereocenters. The number of hydrogen-bond acceptors (Lipinski definition) is 2. The third-order valence-electron chi connectivity index (χ3n) is 2.56. The SMILES string of the molecule is CN(F)c1ccccc1NCc1ccccc1. The molecule has 0 aliphatic heterocycles. The summed E-state index contributed by atoms with van der Waals surface area (Å²) in [5.41, 5.74) is 2.51. The van der Waals surface area contributed by atoms with E-state index < -0.39 is 0 Å². The van der Waals surface area contributed by atoms with Crippen molar-refractivity contribution in [1.82, 2.24) is 0 Å². The van der Waals surface area contributed by atoms with Gasteiger partial charge in [-0.3, -0.25) is 0 Å². The largest absolute Gasteiger partial charge is 0.379 e. The zero-order valence-electron chi connectivity index (χ0n) is 9.73. The van der Waals surface area contributed by atoms with E-state index >= 15 is 0 Å². The predicted molar refractivity (Wildman–Crippen MR) is 69.7 cm³/mol. The molecule has 0 spiro atoms. The lowest BCUT2D eigenvalue weighted by atomic mass is 10.2. The van der Waals surface area contributed by atoms with Crippen LogP contribution in [0.5, 0.6) is 0 Å². The fraction of sp³-hybridized carbons (Fsp3) is 0.143. The van der Waals surface area contributed by atoms with Crippen LogP contribution in [0.15, 0.2) is 54.6 Å². The second kappa shape index (κ2) is 5.34. The molecule has 2 nitrogen and oxygen atoms in total. The van der Waals surface area contributed by atoms with E-state index in [1.807, 2.05) is 48.5 Å². The van der Waals surface area contributed by atoms with E-state index in [1.165, 1.54) is 12.6 Å². The molecule has 0 saturated carbocycles.